The van der Waals surface area contributed by atoms with E-state index < -0.39 is 0 Å². The van der Waals surface area contributed by atoms with E-state index in [1.807, 2.05) is 0 Å². The van der Waals surface area contributed by atoms with E-state index in [-0.39, 0.29) is 0 Å². The third kappa shape index (κ3) is 6.19. The normalized spacial score (nSPS) is 29.0. The Labute approximate surface area is 174 Å². The van der Waals surface area contributed by atoms with Crippen LogP contribution in [0.15, 0.2) is 0 Å². The first-order chi connectivity index (χ1) is 13.4. The Bertz CT molecular complexity index is 468. The third-order valence-electron chi connectivity index (χ3n) is 7.58. The Morgan fingerprint density at radius 1 is 0.786 bits per heavy atom. The van der Waals surface area contributed by atoms with Gasteiger partial charge in [0, 0.05) is 57.8 Å². The second-order valence-corrected chi connectivity index (χ2v) is 10.5. The smallest absolute Gasteiger partial charge is 0.225 e. The van der Waals surface area contributed by atoms with E-state index in [4.69, 9.17) is 0 Å². The van der Waals surface area contributed by atoms with Gasteiger partial charge in [0.05, 0.1) is 0 Å². The Morgan fingerprint density at radius 2 is 1.39 bits per heavy atom. The highest BCUT2D eigenvalue weighted by Crippen LogP contribution is 2.32. The molecule has 0 atom stereocenters. The average molecular weight is 392 g/mol. The van der Waals surface area contributed by atoms with Gasteiger partial charge in [-0.05, 0) is 76.5 Å². The summed E-state index contributed by atoms with van der Waals surface area (Å²) in [6, 6.07) is 0.680. The molecule has 0 aromatic rings. The van der Waals surface area contributed by atoms with Crippen LogP contribution in [-0.4, -0.2) is 72.5 Å². The number of hydrogen-bond acceptors (Lipinski definition) is 3. The molecular formula is C24H45N3O. The molecule has 28 heavy (non-hydrogen) atoms. The van der Waals surface area contributed by atoms with Crippen molar-refractivity contribution < 1.29 is 4.79 Å². The molecular weight excluding hydrogens is 346 g/mol. The largest absolute Gasteiger partial charge is 0.342 e. The summed E-state index contributed by atoms with van der Waals surface area (Å²) < 4.78 is 0. The van der Waals surface area contributed by atoms with Crippen LogP contribution in [0.5, 0.6) is 0 Å². The highest BCUT2D eigenvalue weighted by molar-refractivity contribution is 5.79. The number of piperazine rings is 1. The standard InChI is InChI=1S/C24H45N3O/c1-19(2)17-21-9-11-27(12-10-21)24(28)23-7-5-22(6-8-23)18-25-13-15-26(16-14-25)20(3)4/h19-23H,5-18H2,1-4H3. The second kappa shape index (κ2) is 10.4. The second-order valence-electron chi connectivity index (χ2n) is 10.5. The van der Waals surface area contributed by atoms with E-state index >= 15 is 0 Å². The summed E-state index contributed by atoms with van der Waals surface area (Å²) >= 11 is 0. The van der Waals surface area contributed by atoms with Crippen molar-refractivity contribution in [3.8, 4) is 0 Å². The number of piperidine rings is 1. The van der Waals surface area contributed by atoms with Gasteiger partial charge in [0.15, 0.2) is 0 Å². The summed E-state index contributed by atoms with van der Waals surface area (Å²) in [5.41, 5.74) is 0. The topological polar surface area (TPSA) is 26.8 Å². The van der Waals surface area contributed by atoms with E-state index in [1.165, 1.54) is 64.8 Å². The quantitative estimate of drug-likeness (QED) is 0.682. The third-order valence-corrected chi connectivity index (χ3v) is 7.58. The predicted molar refractivity (Wildman–Crippen MR) is 117 cm³/mol. The van der Waals surface area contributed by atoms with Gasteiger partial charge in [0.25, 0.3) is 0 Å². The predicted octanol–water partition coefficient (Wildman–Crippen LogP) is 4.10. The van der Waals surface area contributed by atoms with Crippen LogP contribution in [0.25, 0.3) is 0 Å². The van der Waals surface area contributed by atoms with Crippen LogP contribution < -0.4 is 0 Å². The van der Waals surface area contributed by atoms with Gasteiger partial charge in [-0.1, -0.05) is 13.8 Å². The molecule has 1 amide bonds. The zero-order valence-electron chi connectivity index (χ0n) is 19.0. The summed E-state index contributed by atoms with van der Waals surface area (Å²) in [6.45, 7) is 17.4. The molecule has 0 unspecified atom stereocenters. The molecule has 3 fully saturated rings. The maximum Gasteiger partial charge on any atom is 0.225 e. The SMILES string of the molecule is CC(C)CC1CCN(C(=O)C2CCC(CN3CCN(C(C)C)CC3)CC2)CC1. The van der Waals surface area contributed by atoms with Gasteiger partial charge in [-0.2, -0.15) is 0 Å². The van der Waals surface area contributed by atoms with Gasteiger partial charge in [-0.3, -0.25) is 9.69 Å². The van der Waals surface area contributed by atoms with Crippen molar-refractivity contribution in [3.05, 3.63) is 0 Å². The van der Waals surface area contributed by atoms with E-state index in [0.717, 1.165) is 43.7 Å². The van der Waals surface area contributed by atoms with Gasteiger partial charge in [0.1, 0.15) is 0 Å². The molecule has 1 saturated carbocycles. The van der Waals surface area contributed by atoms with E-state index in [2.05, 4.69) is 42.4 Å². The first-order valence-electron chi connectivity index (χ1n) is 12.2. The fourth-order valence-corrected chi connectivity index (χ4v) is 5.73. The number of rotatable bonds is 6. The van der Waals surface area contributed by atoms with Gasteiger partial charge < -0.3 is 9.80 Å². The highest BCUT2D eigenvalue weighted by Gasteiger charge is 2.32. The number of nitrogens with zero attached hydrogens (tertiary/aromatic N) is 3. The van der Waals surface area contributed by atoms with Crippen molar-refractivity contribution in [2.45, 2.75) is 78.7 Å². The summed E-state index contributed by atoms with van der Waals surface area (Å²) in [7, 11) is 0. The summed E-state index contributed by atoms with van der Waals surface area (Å²) in [5, 5.41) is 0. The molecule has 3 rings (SSSR count). The molecule has 0 radical (unpaired) electrons. The summed E-state index contributed by atoms with van der Waals surface area (Å²) in [5.74, 6) is 3.24. The molecule has 0 aromatic heterocycles. The van der Waals surface area contributed by atoms with Crippen molar-refractivity contribution in [2.75, 3.05) is 45.8 Å². The molecule has 2 saturated heterocycles. The molecule has 4 nitrogen and oxygen atoms in total. The molecule has 0 spiro atoms. The number of carbonyl (C=O) groups excluding carboxylic acids is 1. The van der Waals surface area contributed by atoms with E-state index in [0.29, 0.717) is 17.9 Å². The minimum Gasteiger partial charge on any atom is -0.342 e. The Kier molecular flexibility index (Phi) is 8.22. The van der Waals surface area contributed by atoms with E-state index in [9.17, 15) is 4.79 Å². The zero-order valence-corrected chi connectivity index (χ0v) is 19.0. The van der Waals surface area contributed by atoms with Crippen molar-refractivity contribution in [3.63, 3.8) is 0 Å². The van der Waals surface area contributed by atoms with Crippen LogP contribution in [0, 0.1) is 23.7 Å². The van der Waals surface area contributed by atoms with Crippen LogP contribution >= 0.6 is 0 Å². The first kappa shape index (κ1) is 22.1. The minimum atomic E-state index is 0.315. The molecule has 3 aliphatic rings. The van der Waals surface area contributed by atoms with Gasteiger partial charge in [0.2, 0.25) is 5.91 Å². The molecule has 0 bridgehead atoms. The monoisotopic (exact) mass is 391 g/mol. The molecule has 2 heterocycles. The average Bonchev–Trinajstić information content (AvgIpc) is 2.68. The van der Waals surface area contributed by atoms with Crippen LogP contribution in [-0.2, 0) is 4.79 Å². The highest BCUT2D eigenvalue weighted by atomic mass is 16.2. The lowest BCUT2D eigenvalue weighted by Crippen LogP contribution is -2.50. The number of amides is 1. The van der Waals surface area contributed by atoms with Gasteiger partial charge in [-0.15, -0.1) is 0 Å². The van der Waals surface area contributed by atoms with Crippen LogP contribution in [0.3, 0.4) is 0 Å². The van der Waals surface area contributed by atoms with E-state index in [1.54, 1.807) is 0 Å². The Hall–Kier alpha value is -0.610. The Morgan fingerprint density at radius 3 is 1.93 bits per heavy atom. The lowest BCUT2D eigenvalue weighted by molar-refractivity contribution is -0.138. The zero-order chi connectivity index (χ0) is 20.1. The molecule has 0 N–H and O–H groups in total. The van der Waals surface area contributed by atoms with Crippen molar-refractivity contribution in [1.82, 2.24) is 14.7 Å². The van der Waals surface area contributed by atoms with Crippen LogP contribution in [0.4, 0.5) is 0 Å². The first-order valence-corrected chi connectivity index (χ1v) is 12.2. The molecule has 162 valence electrons. The lowest BCUT2D eigenvalue weighted by Gasteiger charge is -2.40. The lowest BCUT2D eigenvalue weighted by atomic mass is 9.80. The number of likely N-dealkylation sites (tertiary alicyclic amines) is 1. The Balaban J connectivity index is 1.34. The summed E-state index contributed by atoms with van der Waals surface area (Å²) in [4.78, 5) is 20.5. The van der Waals surface area contributed by atoms with Crippen molar-refractivity contribution in [1.29, 1.82) is 0 Å². The van der Waals surface area contributed by atoms with Crippen LogP contribution in [0.2, 0.25) is 0 Å². The molecule has 4 heteroatoms. The molecule has 0 aromatic carbocycles. The molecule has 2 aliphatic heterocycles. The van der Waals surface area contributed by atoms with Crippen molar-refractivity contribution >= 4 is 5.91 Å². The van der Waals surface area contributed by atoms with Gasteiger partial charge in [-0.25, -0.2) is 0 Å². The fourth-order valence-electron chi connectivity index (χ4n) is 5.73. The maximum atomic E-state index is 13.0. The number of carbonyl (C=O) groups is 1. The molecule has 1 aliphatic carbocycles. The number of hydrogen-bond donors (Lipinski definition) is 0. The van der Waals surface area contributed by atoms with Gasteiger partial charge >= 0.3 is 0 Å². The fraction of sp³-hybridized carbons (Fsp3) is 0.958. The maximum absolute atomic E-state index is 13.0. The summed E-state index contributed by atoms with van der Waals surface area (Å²) in [6.07, 6.45) is 8.54. The minimum absolute atomic E-state index is 0.315. The van der Waals surface area contributed by atoms with Crippen molar-refractivity contribution in [2.24, 2.45) is 23.7 Å². The van der Waals surface area contributed by atoms with Crippen LogP contribution in [0.1, 0.15) is 72.6 Å².